The van der Waals surface area contributed by atoms with Gasteiger partial charge in [-0.05, 0) is 44.5 Å². The van der Waals surface area contributed by atoms with Crippen LogP contribution in [0.4, 0.5) is 0 Å². The van der Waals surface area contributed by atoms with Crippen molar-refractivity contribution in [2.45, 2.75) is 32.7 Å². The van der Waals surface area contributed by atoms with E-state index in [1.54, 1.807) is 7.11 Å². The first-order valence-corrected chi connectivity index (χ1v) is 8.40. The molecule has 0 spiro atoms. The molecule has 0 radical (unpaired) electrons. The van der Waals surface area contributed by atoms with E-state index >= 15 is 0 Å². The van der Waals surface area contributed by atoms with Gasteiger partial charge in [0.05, 0.1) is 6.61 Å². The third-order valence-electron chi connectivity index (χ3n) is 4.14. The number of amides is 1. The van der Waals surface area contributed by atoms with Gasteiger partial charge in [-0.15, -0.1) is 12.4 Å². The summed E-state index contributed by atoms with van der Waals surface area (Å²) in [6, 6.07) is 6.11. The van der Waals surface area contributed by atoms with E-state index in [4.69, 9.17) is 9.47 Å². The number of ether oxygens (including phenoxy) is 2. The summed E-state index contributed by atoms with van der Waals surface area (Å²) < 4.78 is 10.9. The van der Waals surface area contributed by atoms with E-state index in [2.05, 4.69) is 10.6 Å². The Kier molecular flexibility index (Phi) is 9.76. The van der Waals surface area contributed by atoms with Gasteiger partial charge in [0, 0.05) is 38.2 Å². The molecule has 1 aliphatic heterocycles. The Bertz CT molecular complexity index is 505. The highest BCUT2D eigenvalue weighted by Gasteiger charge is 2.20. The summed E-state index contributed by atoms with van der Waals surface area (Å²) in [7, 11) is 1.69. The molecule has 0 atom stereocenters. The molecule has 0 aliphatic carbocycles. The largest absolute Gasteiger partial charge is 0.493 e. The fourth-order valence-corrected chi connectivity index (χ4v) is 2.74. The fraction of sp³-hybridized carbons (Fsp3) is 0.611. The van der Waals surface area contributed by atoms with Crippen molar-refractivity contribution in [3.63, 3.8) is 0 Å². The Morgan fingerprint density at radius 2 is 2.04 bits per heavy atom. The van der Waals surface area contributed by atoms with Crippen LogP contribution in [0.25, 0.3) is 0 Å². The van der Waals surface area contributed by atoms with E-state index in [0.29, 0.717) is 19.8 Å². The predicted molar refractivity (Wildman–Crippen MR) is 97.9 cm³/mol. The first kappa shape index (κ1) is 20.7. The number of carbonyl (C=O) groups excluding carboxylic acids is 1. The van der Waals surface area contributed by atoms with Gasteiger partial charge in [-0.25, -0.2) is 0 Å². The average Bonchev–Trinajstić information content (AvgIpc) is 2.58. The average molecular weight is 357 g/mol. The van der Waals surface area contributed by atoms with Crippen molar-refractivity contribution < 1.29 is 14.3 Å². The van der Waals surface area contributed by atoms with Crippen molar-refractivity contribution >= 4 is 18.3 Å². The molecular formula is C18H29ClN2O3. The lowest BCUT2D eigenvalue weighted by molar-refractivity contribution is -0.125. The summed E-state index contributed by atoms with van der Waals surface area (Å²) in [5, 5.41) is 6.34. The van der Waals surface area contributed by atoms with Gasteiger partial charge in [0.25, 0.3) is 0 Å². The second-order valence-electron chi connectivity index (χ2n) is 6.05. The summed E-state index contributed by atoms with van der Waals surface area (Å²) >= 11 is 0. The monoisotopic (exact) mass is 356 g/mol. The second-order valence-corrected chi connectivity index (χ2v) is 6.05. The van der Waals surface area contributed by atoms with Crippen LogP contribution in [-0.2, 0) is 16.1 Å². The standard InChI is InChI=1S/C18H28N2O3.ClH/c1-14-4-5-16(17(12-14)23-11-3-10-22-2)13-20-18(21)15-6-8-19-9-7-15;/h4-5,12,15,19H,3,6-11,13H2,1-2H3,(H,20,21);1H. The molecule has 6 heteroatoms. The maximum Gasteiger partial charge on any atom is 0.223 e. The summed E-state index contributed by atoms with van der Waals surface area (Å²) in [6.45, 7) is 5.72. The molecule has 1 aromatic rings. The maximum absolute atomic E-state index is 12.3. The first-order chi connectivity index (χ1) is 11.2. The van der Waals surface area contributed by atoms with E-state index in [9.17, 15) is 4.79 Å². The second kappa shape index (κ2) is 11.3. The van der Waals surface area contributed by atoms with Crippen LogP contribution < -0.4 is 15.4 Å². The van der Waals surface area contributed by atoms with Crippen molar-refractivity contribution in [2.75, 3.05) is 33.4 Å². The molecular weight excluding hydrogens is 328 g/mol. The van der Waals surface area contributed by atoms with Crippen LogP contribution in [0.2, 0.25) is 0 Å². The minimum Gasteiger partial charge on any atom is -0.493 e. The number of piperidine rings is 1. The number of nitrogens with one attached hydrogen (secondary N) is 2. The number of rotatable bonds is 8. The SMILES string of the molecule is COCCCOc1cc(C)ccc1CNC(=O)C1CCNCC1.Cl. The van der Waals surface area contributed by atoms with E-state index < -0.39 is 0 Å². The number of halogens is 1. The van der Waals surface area contributed by atoms with Gasteiger partial charge in [0.1, 0.15) is 5.75 Å². The first-order valence-electron chi connectivity index (χ1n) is 8.40. The van der Waals surface area contributed by atoms with Crippen LogP contribution in [0.1, 0.15) is 30.4 Å². The zero-order valence-corrected chi connectivity index (χ0v) is 15.4. The molecule has 0 bridgehead atoms. The molecule has 2 N–H and O–H groups in total. The molecule has 5 nitrogen and oxygen atoms in total. The summed E-state index contributed by atoms with van der Waals surface area (Å²) in [6.07, 6.45) is 2.69. The summed E-state index contributed by atoms with van der Waals surface area (Å²) in [5.41, 5.74) is 2.18. The lowest BCUT2D eigenvalue weighted by Crippen LogP contribution is -2.37. The number of methoxy groups -OCH3 is 1. The molecule has 1 fully saturated rings. The Labute approximate surface area is 150 Å². The molecule has 0 unspecified atom stereocenters. The van der Waals surface area contributed by atoms with Crippen LogP contribution in [-0.4, -0.2) is 39.3 Å². The molecule has 1 amide bonds. The van der Waals surface area contributed by atoms with Gasteiger partial charge >= 0.3 is 0 Å². The van der Waals surface area contributed by atoms with Crippen LogP contribution in [0, 0.1) is 12.8 Å². The number of aryl methyl sites for hydroxylation is 1. The van der Waals surface area contributed by atoms with Crippen molar-refractivity contribution in [1.29, 1.82) is 0 Å². The number of benzene rings is 1. The third kappa shape index (κ3) is 6.67. The molecule has 1 aromatic carbocycles. The lowest BCUT2D eigenvalue weighted by atomic mass is 9.97. The number of hydrogen-bond acceptors (Lipinski definition) is 4. The number of hydrogen-bond donors (Lipinski definition) is 2. The summed E-state index contributed by atoms with van der Waals surface area (Å²) in [5.74, 6) is 1.14. The molecule has 1 aliphatic rings. The highest BCUT2D eigenvalue weighted by Crippen LogP contribution is 2.21. The molecule has 0 aromatic heterocycles. The zero-order valence-electron chi connectivity index (χ0n) is 14.6. The molecule has 136 valence electrons. The highest BCUT2D eigenvalue weighted by atomic mass is 35.5. The van der Waals surface area contributed by atoms with Crippen molar-refractivity contribution in [2.24, 2.45) is 5.92 Å². The van der Waals surface area contributed by atoms with E-state index in [1.165, 1.54) is 0 Å². The number of carbonyl (C=O) groups is 1. The van der Waals surface area contributed by atoms with Gasteiger partial charge in [-0.3, -0.25) is 4.79 Å². The van der Waals surface area contributed by atoms with Gasteiger partial charge in [-0.2, -0.15) is 0 Å². The van der Waals surface area contributed by atoms with Gasteiger partial charge in [0.2, 0.25) is 5.91 Å². The Balaban J connectivity index is 0.00000288. The van der Waals surface area contributed by atoms with Gasteiger partial charge in [0.15, 0.2) is 0 Å². The third-order valence-corrected chi connectivity index (χ3v) is 4.14. The maximum atomic E-state index is 12.3. The van der Waals surface area contributed by atoms with Crippen LogP contribution in [0.5, 0.6) is 5.75 Å². The predicted octanol–water partition coefficient (Wildman–Crippen LogP) is 2.45. The molecule has 1 heterocycles. The fourth-order valence-electron chi connectivity index (χ4n) is 2.74. The van der Waals surface area contributed by atoms with Crippen LogP contribution in [0.3, 0.4) is 0 Å². The Hall–Kier alpha value is -1.30. The quantitative estimate of drug-likeness (QED) is 0.702. The minimum atomic E-state index is 0. The zero-order chi connectivity index (χ0) is 16.5. The highest BCUT2D eigenvalue weighted by molar-refractivity contribution is 5.85. The van der Waals surface area contributed by atoms with Gasteiger partial charge < -0.3 is 20.1 Å². The van der Waals surface area contributed by atoms with E-state index in [1.807, 2.05) is 25.1 Å². The molecule has 0 saturated carbocycles. The Morgan fingerprint density at radius 1 is 1.29 bits per heavy atom. The van der Waals surface area contributed by atoms with E-state index in [-0.39, 0.29) is 24.2 Å². The Morgan fingerprint density at radius 3 is 2.75 bits per heavy atom. The van der Waals surface area contributed by atoms with E-state index in [0.717, 1.165) is 49.2 Å². The molecule has 24 heavy (non-hydrogen) atoms. The normalized spacial score (nSPS) is 14.8. The molecule has 2 rings (SSSR count). The smallest absolute Gasteiger partial charge is 0.223 e. The summed E-state index contributed by atoms with van der Waals surface area (Å²) in [4.78, 5) is 12.3. The van der Waals surface area contributed by atoms with Crippen molar-refractivity contribution in [3.8, 4) is 5.75 Å². The van der Waals surface area contributed by atoms with Gasteiger partial charge in [-0.1, -0.05) is 12.1 Å². The van der Waals surface area contributed by atoms with Crippen LogP contribution in [0.15, 0.2) is 18.2 Å². The molecule has 1 saturated heterocycles. The minimum absolute atomic E-state index is 0. The van der Waals surface area contributed by atoms with Crippen molar-refractivity contribution in [1.82, 2.24) is 10.6 Å². The van der Waals surface area contributed by atoms with Crippen LogP contribution >= 0.6 is 12.4 Å². The topological polar surface area (TPSA) is 59.6 Å². The lowest BCUT2D eigenvalue weighted by Gasteiger charge is -2.22. The van der Waals surface area contributed by atoms with Crippen molar-refractivity contribution in [3.05, 3.63) is 29.3 Å².